The number of carbonyl (C=O) groups is 1. The highest BCUT2D eigenvalue weighted by Gasteiger charge is 2.51. The predicted molar refractivity (Wildman–Crippen MR) is 135 cm³/mol. The van der Waals surface area contributed by atoms with Crippen molar-refractivity contribution < 1.29 is 45.9 Å². The summed E-state index contributed by atoms with van der Waals surface area (Å²) in [5.41, 5.74) is -2.68. The zero-order valence-corrected chi connectivity index (χ0v) is 25.1. The lowest BCUT2D eigenvalue weighted by atomic mass is 9.58. The normalized spacial score (nSPS) is 18.0. The fraction of sp³-hybridized carbons (Fsp3) is 0.952. The third-order valence-corrected chi connectivity index (χ3v) is 10.8. The number of nitrogens with one attached hydrogen (secondary N) is 1. The Kier molecular flexibility index (Phi) is 11.1. The molecule has 0 aromatic rings. The van der Waals surface area contributed by atoms with E-state index in [2.05, 4.69) is 9.63 Å². The molecule has 14 heteroatoms. The van der Waals surface area contributed by atoms with Crippen molar-refractivity contribution >= 4 is 31.4 Å². The number of hydrogen-bond donors (Lipinski definition) is 5. The van der Waals surface area contributed by atoms with Gasteiger partial charge in [-0.3, -0.25) is 13.9 Å². The number of amides is 1. The van der Waals surface area contributed by atoms with Crippen molar-refractivity contribution in [3.8, 4) is 0 Å². The van der Waals surface area contributed by atoms with Crippen LogP contribution in [0.25, 0.3) is 0 Å². The minimum absolute atomic E-state index is 0.208. The quantitative estimate of drug-likeness (QED) is 0.169. The standard InChI is InChI=1S/C21H45NO10P2S/c1-18(2,3)14-16(35(29,30)31)21(9,10)20(7,8)13-15(19(4,5)6)17(23)22-11-12-33(24,25)32-34(26,27)28/h15-16H,11-14H2,1-10H3,(H,22,23)(H,24,25)(H2,26,27,28)(H,29,30,31). The van der Waals surface area contributed by atoms with E-state index in [4.69, 9.17) is 9.79 Å². The van der Waals surface area contributed by atoms with Crippen LogP contribution in [0.5, 0.6) is 0 Å². The molecular weight excluding hydrogens is 520 g/mol. The molecule has 11 nitrogen and oxygen atoms in total. The molecule has 0 fully saturated rings. The van der Waals surface area contributed by atoms with Crippen LogP contribution in [0, 0.1) is 27.6 Å². The molecule has 210 valence electrons. The second-order valence-corrected chi connectivity index (χ2v) is 17.7. The van der Waals surface area contributed by atoms with Gasteiger partial charge in [0, 0.05) is 12.5 Å². The SMILES string of the molecule is CC(C)(C)CC(C(C)(C)C(C)(C)CC(C(=O)NCCP(=O)(O)OP(=O)(O)O)C(C)(C)C)S(=O)(=O)O. The number of hydrogen-bond acceptors (Lipinski definition) is 6. The van der Waals surface area contributed by atoms with E-state index in [9.17, 15) is 31.8 Å². The van der Waals surface area contributed by atoms with Gasteiger partial charge in [-0.05, 0) is 34.5 Å². The van der Waals surface area contributed by atoms with Gasteiger partial charge in [0.05, 0.1) is 11.4 Å². The van der Waals surface area contributed by atoms with Crippen molar-refractivity contribution in [2.75, 3.05) is 12.7 Å². The zero-order valence-electron chi connectivity index (χ0n) is 22.5. The molecule has 3 atom stereocenters. The van der Waals surface area contributed by atoms with Gasteiger partial charge in [-0.15, -0.1) is 0 Å². The summed E-state index contributed by atoms with van der Waals surface area (Å²) in [5, 5.41) is 1.45. The second kappa shape index (κ2) is 11.2. The molecule has 5 N–H and O–H groups in total. The fourth-order valence-corrected chi connectivity index (χ4v) is 7.77. The molecule has 0 aliphatic carbocycles. The summed E-state index contributed by atoms with van der Waals surface area (Å²) >= 11 is 0. The lowest BCUT2D eigenvalue weighted by molar-refractivity contribution is -0.130. The van der Waals surface area contributed by atoms with E-state index in [0.29, 0.717) is 0 Å². The van der Waals surface area contributed by atoms with E-state index in [1.807, 2.05) is 55.4 Å². The predicted octanol–water partition coefficient (Wildman–Crippen LogP) is 4.19. The van der Waals surface area contributed by atoms with Crippen LogP contribution < -0.4 is 5.32 Å². The van der Waals surface area contributed by atoms with Crippen molar-refractivity contribution in [3.05, 3.63) is 0 Å². The van der Waals surface area contributed by atoms with Gasteiger partial charge in [0.15, 0.2) is 0 Å². The Morgan fingerprint density at radius 3 is 1.71 bits per heavy atom. The van der Waals surface area contributed by atoms with Gasteiger partial charge in [0.2, 0.25) is 5.91 Å². The van der Waals surface area contributed by atoms with Crippen LogP contribution in [0.4, 0.5) is 0 Å². The monoisotopic (exact) mass is 565 g/mol. The van der Waals surface area contributed by atoms with Crippen molar-refractivity contribution in [3.63, 3.8) is 0 Å². The smallest absolute Gasteiger partial charge is 0.355 e. The molecule has 0 aromatic heterocycles. The lowest BCUT2D eigenvalue weighted by Crippen LogP contribution is -2.51. The molecular formula is C21H45NO10P2S. The Morgan fingerprint density at radius 2 is 1.37 bits per heavy atom. The van der Waals surface area contributed by atoms with Crippen LogP contribution in [0.3, 0.4) is 0 Å². The van der Waals surface area contributed by atoms with E-state index >= 15 is 0 Å². The average molecular weight is 566 g/mol. The van der Waals surface area contributed by atoms with Gasteiger partial charge in [0.25, 0.3) is 10.1 Å². The van der Waals surface area contributed by atoms with E-state index in [0.717, 1.165) is 0 Å². The number of rotatable bonds is 12. The Labute approximate surface area is 210 Å². The Morgan fingerprint density at radius 1 is 0.914 bits per heavy atom. The zero-order chi connectivity index (χ0) is 28.5. The second-order valence-electron chi connectivity index (χ2n) is 12.7. The third-order valence-electron chi connectivity index (χ3n) is 6.71. The molecule has 0 saturated carbocycles. The highest BCUT2D eigenvalue weighted by Crippen LogP contribution is 2.56. The van der Waals surface area contributed by atoms with Crippen LogP contribution in [0.15, 0.2) is 0 Å². The van der Waals surface area contributed by atoms with E-state index in [1.54, 1.807) is 13.8 Å². The maximum absolute atomic E-state index is 13.1. The van der Waals surface area contributed by atoms with Crippen LogP contribution >= 0.6 is 15.4 Å². The molecule has 0 radical (unpaired) electrons. The topological polar surface area (TPSA) is 188 Å². The third kappa shape index (κ3) is 11.7. The van der Waals surface area contributed by atoms with E-state index < -0.39 is 65.0 Å². The minimum atomic E-state index is -5.18. The first-order valence-electron chi connectivity index (χ1n) is 11.3. The summed E-state index contributed by atoms with van der Waals surface area (Å²) in [6.45, 7) is 18.0. The lowest BCUT2D eigenvalue weighted by Gasteiger charge is -2.49. The molecule has 0 saturated heterocycles. The summed E-state index contributed by atoms with van der Waals surface area (Å²) in [4.78, 5) is 40.2. The van der Waals surface area contributed by atoms with Gasteiger partial charge in [0.1, 0.15) is 0 Å². The molecule has 0 aliphatic rings. The minimum Gasteiger partial charge on any atom is -0.355 e. The Balaban J connectivity index is 5.87. The van der Waals surface area contributed by atoms with Crippen molar-refractivity contribution in [2.45, 2.75) is 87.3 Å². The first-order valence-corrected chi connectivity index (χ1v) is 16.1. The van der Waals surface area contributed by atoms with Crippen LogP contribution in [0.1, 0.15) is 82.1 Å². The Hall–Kier alpha value is -0.320. The fourth-order valence-electron chi connectivity index (χ4n) is 3.94. The molecule has 35 heavy (non-hydrogen) atoms. The van der Waals surface area contributed by atoms with Gasteiger partial charge < -0.3 is 20.0 Å². The molecule has 0 heterocycles. The number of carbonyl (C=O) groups excluding carboxylic acids is 1. The summed E-state index contributed by atoms with van der Waals surface area (Å²) in [6, 6.07) is 0. The average Bonchev–Trinajstić information content (AvgIpc) is 2.52. The van der Waals surface area contributed by atoms with E-state index in [1.165, 1.54) is 0 Å². The van der Waals surface area contributed by atoms with Crippen LogP contribution in [-0.2, 0) is 28.4 Å². The van der Waals surface area contributed by atoms with Crippen LogP contribution in [-0.4, -0.2) is 51.5 Å². The molecule has 3 unspecified atom stereocenters. The molecule has 0 aromatic carbocycles. The largest absolute Gasteiger partial charge is 0.476 e. The van der Waals surface area contributed by atoms with Crippen LogP contribution in [0.2, 0.25) is 0 Å². The summed E-state index contributed by atoms with van der Waals surface area (Å²) in [6.07, 6.45) is -0.257. The first-order chi connectivity index (χ1) is 15.0. The van der Waals surface area contributed by atoms with E-state index in [-0.39, 0.29) is 24.8 Å². The Bertz CT molecular complexity index is 942. The molecule has 0 spiro atoms. The maximum atomic E-state index is 13.1. The van der Waals surface area contributed by atoms with Gasteiger partial charge in [-0.2, -0.15) is 8.42 Å². The highest BCUT2D eigenvalue weighted by atomic mass is 32.2. The summed E-state index contributed by atoms with van der Waals surface area (Å²) in [5.74, 6) is -1.12. The van der Waals surface area contributed by atoms with Crippen molar-refractivity contribution in [1.29, 1.82) is 0 Å². The molecule has 0 aliphatic heterocycles. The van der Waals surface area contributed by atoms with Gasteiger partial charge >= 0.3 is 15.4 Å². The highest BCUT2D eigenvalue weighted by molar-refractivity contribution is 7.86. The molecule has 0 rings (SSSR count). The van der Waals surface area contributed by atoms with Crippen molar-refractivity contribution in [2.24, 2.45) is 27.6 Å². The van der Waals surface area contributed by atoms with Crippen molar-refractivity contribution in [1.82, 2.24) is 5.32 Å². The molecule has 1 amide bonds. The maximum Gasteiger partial charge on any atom is 0.476 e. The number of phosphoric acid groups is 1. The first kappa shape index (κ1) is 34.7. The van der Waals surface area contributed by atoms with Gasteiger partial charge in [-0.25, -0.2) is 8.88 Å². The molecule has 0 bridgehead atoms. The summed E-state index contributed by atoms with van der Waals surface area (Å²) in [7, 11) is -14.2. The summed E-state index contributed by atoms with van der Waals surface area (Å²) < 4.78 is 61.5. The van der Waals surface area contributed by atoms with Gasteiger partial charge in [-0.1, -0.05) is 69.2 Å².